The fourth-order valence-electron chi connectivity index (χ4n) is 3.59. The highest BCUT2D eigenvalue weighted by Gasteiger charge is 2.14. The average Bonchev–Trinajstić information content (AvgIpc) is 2.76. The van der Waals surface area contributed by atoms with Gasteiger partial charge in [-0.3, -0.25) is 4.79 Å². The normalized spacial score (nSPS) is 13.7. The summed E-state index contributed by atoms with van der Waals surface area (Å²) < 4.78 is 0. The maximum atomic E-state index is 12.4. The topological polar surface area (TPSA) is 70.2 Å². The predicted octanol–water partition coefficient (Wildman–Crippen LogP) is 5.08. The van der Waals surface area contributed by atoms with Gasteiger partial charge in [-0.15, -0.1) is 0 Å². The zero-order chi connectivity index (χ0) is 20.9. The van der Waals surface area contributed by atoms with Gasteiger partial charge in [0, 0.05) is 36.1 Å². The van der Waals surface area contributed by atoms with Gasteiger partial charge in [-0.1, -0.05) is 17.7 Å². The van der Waals surface area contributed by atoms with E-state index in [0.717, 1.165) is 47.5 Å². The molecule has 2 aromatic carbocycles. The second-order valence-electron chi connectivity index (χ2n) is 7.73. The summed E-state index contributed by atoms with van der Waals surface area (Å²) in [5, 5.41) is 6.28. The van der Waals surface area contributed by atoms with Crippen LogP contribution in [-0.4, -0.2) is 29.0 Å². The van der Waals surface area contributed by atoms with Gasteiger partial charge in [-0.2, -0.15) is 0 Å². The fraction of sp³-hybridized carbons (Fsp3) is 0.292. The van der Waals surface area contributed by atoms with Crippen molar-refractivity contribution in [2.75, 3.05) is 28.6 Å². The molecule has 1 aromatic heterocycles. The molecular formula is C24H27N5O. The number of carbonyl (C=O) groups is 1. The Morgan fingerprint density at radius 1 is 0.867 bits per heavy atom. The van der Waals surface area contributed by atoms with Crippen LogP contribution in [0.4, 0.5) is 23.0 Å². The number of carbonyl (C=O) groups excluding carboxylic acids is 1. The molecule has 1 aliphatic rings. The van der Waals surface area contributed by atoms with E-state index in [9.17, 15) is 4.79 Å². The highest BCUT2D eigenvalue weighted by Crippen LogP contribution is 2.23. The average molecular weight is 402 g/mol. The molecule has 1 saturated heterocycles. The summed E-state index contributed by atoms with van der Waals surface area (Å²) in [6, 6.07) is 17.2. The summed E-state index contributed by atoms with van der Waals surface area (Å²) in [5.41, 5.74) is 3.43. The first-order valence-corrected chi connectivity index (χ1v) is 10.4. The van der Waals surface area contributed by atoms with E-state index in [4.69, 9.17) is 0 Å². The van der Waals surface area contributed by atoms with Gasteiger partial charge in [0.05, 0.1) is 0 Å². The highest BCUT2D eigenvalue weighted by molar-refractivity contribution is 6.04. The maximum absolute atomic E-state index is 12.4. The van der Waals surface area contributed by atoms with Crippen LogP contribution >= 0.6 is 0 Å². The number of amides is 1. The van der Waals surface area contributed by atoms with Crippen molar-refractivity contribution in [3.05, 3.63) is 71.5 Å². The summed E-state index contributed by atoms with van der Waals surface area (Å²) in [6.07, 6.45) is 3.71. The number of nitrogens with one attached hydrogen (secondary N) is 2. The minimum absolute atomic E-state index is 0.117. The van der Waals surface area contributed by atoms with Crippen molar-refractivity contribution in [1.82, 2.24) is 9.97 Å². The maximum Gasteiger partial charge on any atom is 0.255 e. The lowest BCUT2D eigenvalue weighted by molar-refractivity contribution is 0.102. The van der Waals surface area contributed by atoms with E-state index in [-0.39, 0.29) is 5.91 Å². The molecule has 0 saturated carbocycles. The molecule has 0 spiro atoms. The molecule has 2 heterocycles. The van der Waals surface area contributed by atoms with Gasteiger partial charge in [0.25, 0.3) is 5.91 Å². The second kappa shape index (κ2) is 8.95. The Balaban J connectivity index is 1.42. The third-order valence-corrected chi connectivity index (χ3v) is 5.23. The van der Waals surface area contributed by atoms with Crippen molar-refractivity contribution in [2.45, 2.75) is 33.1 Å². The molecule has 6 heteroatoms. The van der Waals surface area contributed by atoms with E-state index in [2.05, 4.69) is 25.5 Å². The molecule has 154 valence electrons. The molecule has 0 aliphatic carbocycles. The van der Waals surface area contributed by atoms with Crippen LogP contribution in [0.15, 0.2) is 54.6 Å². The van der Waals surface area contributed by atoms with Crippen molar-refractivity contribution in [1.29, 1.82) is 0 Å². The molecule has 4 rings (SSSR count). The quantitative estimate of drug-likeness (QED) is 0.624. The summed E-state index contributed by atoms with van der Waals surface area (Å²) in [5.74, 6) is 2.39. The number of hydrogen-bond donors (Lipinski definition) is 2. The number of nitrogens with zero attached hydrogens (tertiary/aromatic N) is 3. The number of rotatable bonds is 5. The Labute approximate surface area is 177 Å². The van der Waals surface area contributed by atoms with Crippen molar-refractivity contribution in [3.63, 3.8) is 0 Å². The largest absolute Gasteiger partial charge is 0.356 e. The third-order valence-electron chi connectivity index (χ3n) is 5.23. The number of aromatic nitrogens is 2. The van der Waals surface area contributed by atoms with Crippen LogP contribution < -0.4 is 15.5 Å². The fourth-order valence-corrected chi connectivity index (χ4v) is 3.59. The van der Waals surface area contributed by atoms with E-state index in [0.29, 0.717) is 5.56 Å². The van der Waals surface area contributed by atoms with Crippen LogP contribution in [0, 0.1) is 13.8 Å². The zero-order valence-electron chi connectivity index (χ0n) is 17.5. The molecular weight excluding hydrogens is 374 g/mol. The lowest BCUT2D eigenvalue weighted by atomic mass is 10.1. The van der Waals surface area contributed by atoms with Crippen LogP contribution in [0.25, 0.3) is 0 Å². The number of anilines is 4. The Morgan fingerprint density at radius 3 is 2.23 bits per heavy atom. The number of piperidine rings is 1. The molecule has 30 heavy (non-hydrogen) atoms. The zero-order valence-corrected chi connectivity index (χ0v) is 17.5. The molecule has 2 N–H and O–H groups in total. The van der Waals surface area contributed by atoms with Crippen molar-refractivity contribution in [3.8, 4) is 0 Å². The van der Waals surface area contributed by atoms with Crippen LogP contribution in [0.5, 0.6) is 0 Å². The van der Waals surface area contributed by atoms with Crippen molar-refractivity contribution < 1.29 is 4.79 Å². The molecule has 0 radical (unpaired) electrons. The van der Waals surface area contributed by atoms with Crippen LogP contribution in [-0.2, 0) is 0 Å². The van der Waals surface area contributed by atoms with Gasteiger partial charge >= 0.3 is 0 Å². The van der Waals surface area contributed by atoms with Crippen LogP contribution in [0.1, 0.15) is 41.0 Å². The van der Waals surface area contributed by atoms with Gasteiger partial charge in [0.2, 0.25) is 0 Å². The molecule has 0 bridgehead atoms. The molecule has 0 unspecified atom stereocenters. The molecule has 3 aromatic rings. The van der Waals surface area contributed by atoms with Crippen molar-refractivity contribution >= 4 is 28.9 Å². The Kier molecular flexibility index (Phi) is 5.93. The highest BCUT2D eigenvalue weighted by atomic mass is 16.1. The minimum Gasteiger partial charge on any atom is -0.356 e. The SMILES string of the molecule is Cc1ccc(C(=O)Nc2ccc(Nc3cc(N4CCCCC4)nc(C)n3)cc2)cc1. The van der Waals surface area contributed by atoms with Gasteiger partial charge in [0.15, 0.2) is 0 Å². The smallest absolute Gasteiger partial charge is 0.255 e. The van der Waals surface area contributed by atoms with Crippen LogP contribution in [0.2, 0.25) is 0 Å². The minimum atomic E-state index is -0.117. The van der Waals surface area contributed by atoms with E-state index >= 15 is 0 Å². The van der Waals surface area contributed by atoms with Gasteiger partial charge in [0.1, 0.15) is 17.5 Å². The summed E-state index contributed by atoms with van der Waals surface area (Å²) in [6.45, 7) is 6.01. The number of benzene rings is 2. The lowest BCUT2D eigenvalue weighted by Crippen LogP contribution is -2.30. The standard InChI is InChI=1S/C24H27N5O/c1-17-6-8-19(9-7-17)24(30)28-21-12-10-20(11-13-21)27-22-16-23(26-18(2)25-22)29-14-4-3-5-15-29/h6-13,16H,3-5,14-15H2,1-2H3,(H,28,30)(H,25,26,27). The molecule has 1 amide bonds. The molecule has 1 fully saturated rings. The monoisotopic (exact) mass is 401 g/mol. The van der Waals surface area contributed by atoms with E-state index in [1.54, 1.807) is 0 Å². The first kappa shape index (κ1) is 19.9. The molecule has 1 aliphatic heterocycles. The van der Waals surface area contributed by atoms with E-state index < -0.39 is 0 Å². The third kappa shape index (κ3) is 4.95. The first-order valence-electron chi connectivity index (χ1n) is 10.4. The summed E-state index contributed by atoms with van der Waals surface area (Å²) in [4.78, 5) is 23.8. The van der Waals surface area contributed by atoms with Gasteiger partial charge in [-0.25, -0.2) is 9.97 Å². The first-order chi connectivity index (χ1) is 14.6. The van der Waals surface area contributed by atoms with Gasteiger partial charge in [-0.05, 0) is 69.5 Å². The van der Waals surface area contributed by atoms with E-state index in [1.165, 1.54) is 19.3 Å². The molecule has 6 nitrogen and oxygen atoms in total. The van der Waals surface area contributed by atoms with E-state index in [1.807, 2.05) is 68.4 Å². The van der Waals surface area contributed by atoms with Gasteiger partial charge < -0.3 is 15.5 Å². The number of aryl methyl sites for hydroxylation is 2. The predicted molar refractivity (Wildman–Crippen MR) is 122 cm³/mol. The lowest BCUT2D eigenvalue weighted by Gasteiger charge is -2.28. The number of hydrogen-bond acceptors (Lipinski definition) is 5. The summed E-state index contributed by atoms with van der Waals surface area (Å²) >= 11 is 0. The van der Waals surface area contributed by atoms with Crippen LogP contribution in [0.3, 0.4) is 0 Å². The Bertz CT molecular complexity index is 1010. The Morgan fingerprint density at radius 2 is 1.53 bits per heavy atom. The molecule has 0 atom stereocenters. The second-order valence-corrected chi connectivity index (χ2v) is 7.73. The Hall–Kier alpha value is -3.41. The summed E-state index contributed by atoms with van der Waals surface area (Å²) in [7, 11) is 0. The van der Waals surface area contributed by atoms with Crippen molar-refractivity contribution in [2.24, 2.45) is 0 Å².